The molecule has 0 saturated heterocycles. The van der Waals surface area contributed by atoms with Crippen LogP contribution in [0.15, 0.2) is 71.3 Å². The lowest BCUT2D eigenvalue weighted by Gasteiger charge is -2.18. The molecule has 5 rings (SSSR count). The van der Waals surface area contributed by atoms with Gasteiger partial charge in [0.05, 0.1) is 27.6 Å². The van der Waals surface area contributed by atoms with E-state index in [-0.39, 0.29) is 12.5 Å². The van der Waals surface area contributed by atoms with Crippen LogP contribution in [-0.2, 0) is 19.6 Å². The topological polar surface area (TPSA) is 102 Å². The molecular formula is C27H26BrN7O2. The Bertz CT molecular complexity index is 1520. The van der Waals surface area contributed by atoms with Gasteiger partial charge in [0.2, 0.25) is 5.82 Å². The largest absolute Gasteiger partial charge is 0.484 e. The summed E-state index contributed by atoms with van der Waals surface area (Å²) in [5.74, 6) is 1.12. The number of nitrogens with zero attached hydrogens (tertiary/aromatic N) is 6. The second-order valence-corrected chi connectivity index (χ2v) is 9.51. The van der Waals surface area contributed by atoms with Crippen molar-refractivity contribution in [2.75, 3.05) is 7.05 Å². The minimum Gasteiger partial charge on any atom is -0.484 e. The third-order valence-corrected chi connectivity index (χ3v) is 6.90. The van der Waals surface area contributed by atoms with E-state index in [9.17, 15) is 4.79 Å². The first-order valence-electron chi connectivity index (χ1n) is 12.0. The highest BCUT2D eigenvalue weighted by atomic mass is 79.9. The molecular weight excluding hydrogens is 534 g/mol. The number of tetrazole rings is 1. The third-order valence-electron chi connectivity index (χ3n) is 6.08. The van der Waals surface area contributed by atoms with Gasteiger partial charge < -0.3 is 9.64 Å². The number of aromatic amines is 1. The summed E-state index contributed by atoms with van der Waals surface area (Å²) in [4.78, 5) is 15.2. The van der Waals surface area contributed by atoms with Crippen LogP contribution >= 0.6 is 15.9 Å². The fourth-order valence-electron chi connectivity index (χ4n) is 4.29. The van der Waals surface area contributed by atoms with Gasteiger partial charge in [-0.2, -0.15) is 10.3 Å². The van der Waals surface area contributed by atoms with Crippen molar-refractivity contribution in [1.82, 2.24) is 35.3 Å². The Morgan fingerprint density at radius 3 is 2.73 bits per heavy atom. The van der Waals surface area contributed by atoms with Gasteiger partial charge in [-0.15, -0.1) is 10.2 Å². The number of carbonyl (C=O) groups is 1. The summed E-state index contributed by atoms with van der Waals surface area (Å²) < 4.78 is 8.56. The van der Waals surface area contributed by atoms with Crippen LogP contribution in [0.2, 0.25) is 0 Å². The summed E-state index contributed by atoms with van der Waals surface area (Å²) in [7, 11) is 1.83. The molecule has 2 heterocycles. The van der Waals surface area contributed by atoms with Crippen molar-refractivity contribution in [2.24, 2.45) is 0 Å². The van der Waals surface area contributed by atoms with Gasteiger partial charge in [-0.25, -0.2) is 4.68 Å². The smallest absolute Gasteiger partial charge is 0.257 e. The number of H-pyrrole nitrogens is 1. The molecule has 0 bridgehead atoms. The minimum absolute atomic E-state index is 0.0443. The number of ether oxygens (including phenoxy) is 1. The maximum Gasteiger partial charge on any atom is 0.257 e. The molecule has 0 aliphatic carbocycles. The number of amides is 1. The summed E-state index contributed by atoms with van der Waals surface area (Å²) in [6, 6.07) is 20.0. The first kappa shape index (κ1) is 24.6. The number of aromatic nitrogens is 6. The molecule has 188 valence electrons. The Kier molecular flexibility index (Phi) is 7.27. The molecule has 1 amide bonds. The standard InChI is InChI=1S/C27H26BrN7O2/c1-3-7-23-22(15-29-35(23)20-8-5-4-6-9-20)27(36)34(2)16-18-10-12-21-19(14-18)11-13-24(26(21)28)37-17-25-30-32-33-31-25/h4-6,8-15H,3,7,16-17H2,1-2H3,(H,30,31,32,33). The van der Waals surface area contributed by atoms with E-state index in [1.54, 1.807) is 11.1 Å². The van der Waals surface area contributed by atoms with Crippen LogP contribution in [-0.4, -0.2) is 48.3 Å². The fourth-order valence-corrected chi connectivity index (χ4v) is 4.90. The maximum absolute atomic E-state index is 13.5. The Balaban J connectivity index is 1.34. The molecule has 0 unspecified atom stereocenters. The summed E-state index contributed by atoms with van der Waals surface area (Å²) in [6.45, 7) is 2.80. The second kappa shape index (κ2) is 10.9. The van der Waals surface area contributed by atoms with Crippen LogP contribution in [0.1, 0.15) is 40.8 Å². The highest BCUT2D eigenvalue weighted by Gasteiger charge is 2.21. The molecule has 10 heteroatoms. The molecule has 5 aromatic rings. The van der Waals surface area contributed by atoms with Gasteiger partial charge in [0.1, 0.15) is 5.75 Å². The number of carbonyl (C=O) groups excluding carboxylic acids is 1. The average Bonchev–Trinajstić information content (AvgIpc) is 3.59. The lowest BCUT2D eigenvalue weighted by atomic mass is 10.1. The molecule has 3 aromatic carbocycles. The van der Waals surface area contributed by atoms with E-state index in [4.69, 9.17) is 4.74 Å². The van der Waals surface area contributed by atoms with Crippen molar-refractivity contribution in [3.05, 3.63) is 94.0 Å². The summed E-state index contributed by atoms with van der Waals surface area (Å²) >= 11 is 3.66. The highest BCUT2D eigenvalue weighted by molar-refractivity contribution is 9.10. The first-order valence-corrected chi connectivity index (χ1v) is 12.8. The van der Waals surface area contributed by atoms with Crippen LogP contribution in [0.5, 0.6) is 5.75 Å². The lowest BCUT2D eigenvalue weighted by molar-refractivity contribution is 0.0784. The second-order valence-electron chi connectivity index (χ2n) is 8.71. The van der Waals surface area contributed by atoms with Crippen molar-refractivity contribution in [3.63, 3.8) is 0 Å². The zero-order valence-corrected chi connectivity index (χ0v) is 22.1. The van der Waals surface area contributed by atoms with Gasteiger partial charge in [0.15, 0.2) is 6.61 Å². The molecule has 0 saturated carbocycles. The van der Waals surface area contributed by atoms with E-state index in [1.165, 1.54) is 0 Å². The highest BCUT2D eigenvalue weighted by Crippen LogP contribution is 2.34. The molecule has 37 heavy (non-hydrogen) atoms. The predicted molar refractivity (Wildman–Crippen MR) is 144 cm³/mol. The molecule has 0 aliphatic heterocycles. The molecule has 0 radical (unpaired) electrons. The molecule has 0 aliphatic rings. The van der Waals surface area contributed by atoms with Gasteiger partial charge >= 0.3 is 0 Å². The van der Waals surface area contributed by atoms with E-state index in [0.717, 1.165) is 45.0 Å². The van der Waals surface area contributed by atoms with Crippen LogP contribution in [0.3, 0.4) is 0 Å². The zero-order valence-electron chi connectivity index (χ0n) is 20.6. The Morgan fingerprint density at radius 2 is 1.97 bits per heavy atom. The number of halogens is 1. The van der Waals surface area contributed by atoms with Crippen molar-refractivity contribution in [3.8, 4) is 11.4 Å². The van der Waals surface area contributed by atoms with Crippen molar-refractivity contribution >= 4 is 32.6 Å². The lowest BCUT2D eigenvalue weighted by Crippen LogP contribution is -2.27. The number of nitrogens with one attached hydrogen (secondary N) is 1. The number of hydrogen-bond acceptors (Lipinski definition) is 6. The Morgan fingerprint density at radius 1 is 1.14 bits per heavy atom. The van der Waals surface area contributed by atoms with E-state index in [0.29, 0.717) is 23.7 Å². The Hall–Kier alpha value is -4.05. The number of hydrogen-bond donors (Lipinski definition) is 1. The van der Waals surface area contributed by atoms with Crippen LogP contribution in [0, 0.1) is 0 Å². The first-order chi connectivity index (χ1) is 18.0. The van der Waals surface area contributed by atoms with Gasteiger partial charge in [-0.1, -0.05) is 55.0 Å². The van der Waals surface area contributed by atoms with Gasteiger partial charge in [-0.3, -0.25) is 4.79 Å². The van der Waals surface area contributed by atoms with Crippen LogP contribution < -0.4 is 4.74 Å². The predicted octanol–water partition coefficient (Wildman–Crippen LogP) is 5.10. The van der Waals surface area contributed by atoms with E-state index >= 15 is 0 Å². The SMILES string of the molecule is CCCc1c(C(=O)N(C)Cc2ccc3c(Br)c(OCc4nn[nH]n4)ccc3c2)cnn1-c1ccccc1. The summed E-state index contributed by atoms with van der Waals surface area (Å²) in [6.07, 6.45) is 3.37. The van der Waals surface area contributed by atoms with Crippen LogP contribution in [0.25, 0.3) is 16.5 Å². The third kappa shape index (κ3) is 5.24. The van der Waals surface area contributed by atoms with Crippen molar-refractivity contribution < 1.29 is 9.53 Å². The summed E-state index contributed by atoms with van der Waals surface area (Å²) in [5, 5.41) is 20.4. The monoisotopic (exact) mass is 559 g/mol. The molecule has 0 spiro atoms. The number of para-hydroxylation sites is 1. The van der Waals surface area contributed by atoms with Gasteiger partial charge in [-0.05, 0) is 63.0 Å². The number of fused-ring (bicyclic) bond motifs is 1. The molecule has 9 nitrogen and oxygen atoms in total. The van der Waals surface area contributed by atoms with Gasteiger partial charge in [0.25, 0.3) is 5.91 Å². The summed E-state index contributed by atoms with van der Waals surface area (Å²) in [5.41, 5.74) is 3.55. The molecule has 0 fully saturated rings. The van der Waals surface area contributed by atoms with E-state index in [2.05, 4.69) is 54.6 Å². The maximum atomic E-state index is 13.5. The van der Waals surface area contributed by atoms with E-state index in [1.807, 2.05) is 66.3 Å². The van der Waals surface area contributed by atoms with Crippen molar-refractivity contribution in [2.45, 2.75) is 32.9 Å². The van der Waals surface area contributed by atoms with Crippen molar-refractivity contribution in [1.29, 1.82) is 0 Å². The molecule has 2 aromatic heterocycles. The van der Waals surface area contributed by atoms with Crippen LogP contribution in [0.4, 0.5) is 0 Å². The normalized spacial score (nSPS) is 11.1. The molecule has 0 atom stereocenters. The van der Waals surface area contributed by atoms with E-state index < -0.39 is 0 Å². The zero-order chi connectivity index (χ0) is 25.8. The average molecular weight is 560 g/mol. The molecule has 1 N–H and O–H groups in total. The fraction of sp³-hybridized carbons (Fsp3) is 0.222. The Labute approximate surface area is 222 Å². The van der Waals surface area contributed by atoms with Gasteiger partial charge in [0, 0.05) is 13.6 Å². The minimum atomic E-state index is -0.0443. The number of benzene rings is 3. The quantitative estimate of drug-likeness (QED) is 0.269. The number of rotatable bonds is 9.